The van der Waals surface area contributed by atoms with E-state index in [-0.39, 0.29) is 22.9 Å². The zero-order chi connectivity index (χ0) is 10.7. The highest BCUT2D eigenvalue weighted by molar-refractivity contribution is 6.29. The minimum Gasteiger partial charge on any atom is -0.481 e. The van der Waals surface area contributed by atoms with E-state index in [2.05, 4.69) is 9.72 Å². The van der Waals surface area contributed by atoms with E-state index in [1.54, 1.807) is 0 Å². The summed E-state index contributed by atoms with van der Waals surface area (Å²) in [6.07, 6.45) is -2.53. The molecule has 0 radical (unpaired) electrons. The Morgan fingerprint density at radius 2 is 2.29 bits per heavy atom. The molecule has 0 atom stereocenters. The summed E-state index contributed by atoms with van der Waals surface area (Å²) in [5, 5.41) is -0.0617. The van der Waals surface area contributed by atoms with Crippen molar-refractivity contribution in [2.24, 2.45) is 0 Å². The Hall–Kier alpha value is -1.23. The highest BCUT2D eigenvalue weighted by Gasteiger charge is 2.20. The van der Waals surface area contributed by atoms with Gasteiger partial charge in [0.05, 0.1) is 12.7 Å². The van der Waals surface area contributed by atoms with E-state index in [9.17, 15) is 13.6 Å². The number of aldehydes is 1. The number of alkyl halides is 2. The molecule has 0 aliphatic rings. The van der Waals surface area contributed by atoms with Crippen LogP contribution in [0.25, 0.3) is 0 Å². The van der Waals surface area contributed by atoms with Gasteiger partial charge in [-0.3, -0.25) is 4.79 Å². The fraction of sp³-hybridized carbons (Fsp3) is 0.250. The molecule has 0 aromatic carbocycles. The lowest BCUT2D eigenvalue weighted by Gasteiger charge is -2.08. The van der Waals surface area contributed by atoms with Gasteiger partial charge in [0.1, 0.15) is 5.15 Å². The lowest BCUT2D eigenvalue weighted by atomic mass is 10.1. The van der Waals surface area contributed by atoms with Crippen LogP contribution in [-0.4, -0.2) is 18.4 Å². The van der Waals surface area contributed by atoms with Crippen LogP contribution in [0.1, 0.15) is 22.3 Å². The number of halogens is 3. The molecule has 0 saturated heterocycles. The summed E-state index contributed by atoms with van der Waals surface area (Å²) in [5.74, 6) is -0.324. The normalized spacial score (nSPS) is 10.4. The SMILES string of the molecule is COc1nc(Cl)cc(C=O)c1C(F)F. The van der Waals surface area contributed by atoms with Crippen LogP contribution in [0.4, 0.5) is 8.78 Å². The van der Waals surface area contributed by atoms with Crippen LogP contribution >= 0.6 is 11.6 Å². The highest BCUT2D eigenvalue weighted by atomic mass is 35.5. The standard InChI is InChI=1S/C8H6ClF2NO2/c1-14-8-6(7(10)11)4(3-13)2-5(9)12-8/h2-3,7H,1H3. The zero-order valence-corrected chi connectivity index (χ0v) is 7.89. The highest BCUT2D eigenvalue weighted by Crippen LogP contribution is 2.31. The van der Waals surface area contributed by atoms with Crippen LogP contribution in [0.15, 0.2) is 6.07 Å². The van der Waals surface area contributed by atoms with Crippen molar-refractivity contribution in [1.82, 2.24) is 4.98 Å². The Morgan fingerprint density at radius 1 is 1.64 bits per heavy atom. The number of hydrogen-bond donors (Lipinski definition) is 0. The van der Waals surface area contributed by atoms with Gasteiger partial charge in [-0.25, -0.2) is 13.8 Å². The van der Waals surface area contributed by atoms with Gasteiger partial charge in [0.15, 0.2) is 6.29 Å². The van der Waals surface area contributed by atoms with Crippen molar-refractivity contribution in [2.75, 3.05) is 7.11 Å². The van der Waals surface area contributed by atoms with E-state index in [4.69, 9.17) is 11.6 Å². The summed E-state index contributed by atoms with van der Waals surface area (Å²) in [6.45, 7) is 0. The fourth-order valence-corrected chi connectivity index (χ4v) is 1.19. The number of hydrogen-bond acceptors (Lipinski definition) is 3. The van der Waals surface area contributed by atoms with E-state index in [1.807, 2.05) is 0 Å². The molecule has 1 heterocycles. The number of carbonyl (C=O) groups is 1. The van der Waals surface area contributed by atoms with Crippen molar-refractivity contribution in [1.29, 1.82) is 0 Å². The predicted octanol–water partition coefficient (Wildman–Crippen LogP) is 2.49. The van der Waals surface area contributed by atoms with Crippen LogP contribution in [-0.2, 0) is 0 Å². The largest absolute Gasteiger partial charge is 0.481 e. The van der Waals surface area contributed by atoms with Gasteiger partial charge in [-0.1, -0.05) is 11.6 Å². The van der Waals surface area contributed by atoms with Crippen molar-refractivity contribution in [3.8, 4) is 5.88 Å². The Bertz CT molecular complexity index is 357. The first-order valence-electron chi connectivity index (χ1n) is 3.58. The lowest BCUT2D eigenvalue weighted by molar-refractivity contribution is 0.110. The Labute approximate surface area is 83.7 Å². The second kappa shape index (κ2) is 4.32. The molecule has 1 aromatic rings. The van der Waals surface area contributed by atoms with Gasteiger partial charge in [0.25, 0.3) is 6.43 Å². The first kappa shape index (κ1) is 10.8. The third-order valence-corrected chi connectivity index (χ3v) is 1.76. The smallest absolute Gasteiger partial charge is 0.269 e. The molecule has 0 saturated carbocycles. The average Bonchev–Trinajstić information content (AvgIpc) is 2.15. The summed E-state index contributed by atoms with van der Waals surface area (Å²) < 4.78 is 29.5. The minimum atomic E-state index is -2.82. The molecule has 0 fully saturated rings. The Balaban J connectivity index is 3.40. The van der Waals surface area contributed by atoms with Gasteiger partial charge in [-0.15, -0.1) is 0 Å². The van der Waals surface area contributed by atoms with Crippen molar-refractivity contribution < 1.29 is 18.3 Å². The Morgan fingerprint density at radius 3 is 2.71 bits per heavy atom. The summed E-state index contributed by atoms with van der Waals surface area (Å²) in [5.41, 5.74) is -0.747. The van der Waals surface area contributed by atoms with E-state index in [0.29, 0.717) is 0 Å². The second-order valence-corrected chi connectivity index (χ2v) is 2.76. The third kappa shape index (κ3) is 1.98. The molecule has 14 heavy (non-hydrogen) atoms. The number of nitrogens with zero attached hydrogens (tertiary/aromatic N) is 1. The summed E-state index contributed by atoms with van der Waals surface area (Å²) in [7, 11) is 1.18. The monoisotopic (exact) mass is 221 g/mol. The minimum absolute atomic E-state index is 0.0617. The number of aromatic nitrogens is 1. The lowest BCUT2D eigenvalue weighted by Crippen LogP contribution is -2.01. The fourth-order valence-electron chi connectivity index (χ4n) is 0.991. The van der Waals surface area contributed by atoms with Gasteiger partial charge < -0.3 is 4.74 Å². The average molecular weight is 222 g/mol. The van der Waals surface area contributed by atoms with Crippen LogP contribution in [0.3, 0.4) is 0 Å². The molecule has 0 aliphatic heterocycles. The number of pyridine rings is 1. The molecule has 0 spiro atoms. The molecule has 3 nitrogen and oxygen atoms in total. The quantitative estimate of drug-likeness (QED) is 0.582. The molecular weight excluding hydrogens is 216 g/mol. The van der Waals surface area contributed by atoms with E-state index in [1.165, 1.54) is 7.11 Å². The van der Waals surface area contributed by atoms with Crippen molar-refractivity contribution in [3.05, 3.63) is 22.3 Å². The predicted molar refractivity (Wildman–Crippen MR) is 46.1 cm³/mol. The number of rotatable bonds is 3. The first-order valence-corrected chi connectivity index (χ1v) is 3.95. The first-order chi connectivity index (χ1) is 6.60. The number of methoxy groups -OCH3 is 1. The van der Waals surface area contributed by atoms with Gasteiger partial charge >= 0.3 is 0 Å². The maximum atomic E-state index is 12.5. The van der Waals surface area contributed by atoms with Crippen molar-refractivity contribution >= 4 is 17.9 Å². The van der Waals surface area contributed by atoms with Crippen LogP contribution in [0.2, 0.25) is 5.15 Å². The van der Waals surface area contributed by atoms with Crippen molar-refractivity contribution in [2.45, 2.75) is 6.43 Å². The molecule has 1 rings (SSSR count). The molecular formula is C8H6ClF2NO2. The van der Waals surface area contributed by atoms with Crippen molar-refractivity contribution in [3.63, 3.8) is 0 Å². The summed E-state index contributed by atoms with van der Waals surface area (Å²) in [4.78, 5) is 14.0. The molecule has 0 aliphatic carbocycles. The zero-order valence-electron chi connectivity index (χ0n) is 7.13. The summed E-state index contributed by atoms with van der Waals surface area (Å²) >= 11 is 5.49. The second-order valence-electron chi connectivity index (χ2n) is 2.38. The van der Waals surface area contributed by atoms with Gasteiger partial charge in [0, 0.05) is 5.56 Å². The molecule has 0 unspecified atom stereocenters. The van der Waals surface area contributed by atoms with Crippen LogP contribution in [0, 0.1) is 0 Å². The van der Waals surface area contributed by atoms with Gasteiger partial charge in [0.2, 0.25) is 5.88 Å². The van der Waals surface area contributed by atoms with E-state index in [0.717, 1.165) is 6.07 Å². The van der Waals surface area contributed by atoms with E-state index >= 15 is 0 Å². The van der Waals surface area contributed by atoms with Gasteiger partial charge in [-0.05, 0) is 6.07 Å². The maximum absolute atomic E-state index is 12.5. The molecule has 0 N–H and O–H groups in total. The van der Waals surface area contributed by atoms with Crippen LogP contribution in [0.5, 0.6) is 5.88 Å². The molecule has 76 valence electrons. The number of ether oxygens (including phenoxy) is 1. The molecule has 6 heteroatoms. The molecule has 0 amide bonds. The third-order valence-electron chi connectivity index (χ3n) is 1.56. The Kier molecular flexibility index (Phi) is 3.35. The van der Waals surface area contributed by atoms with Crippen LogP contribution < -0.4 is 4.74 Å². The number of carbonyl (C=O) groups excluding carboxylic acids is 1. The van der Waals surface area contributed by atoms with Gasteiger partial charge in [-0.2, -0.15) is 0 Å². The van der Waals surface area contributed by atoms with E-state index < -0.39 is 12.0 Å². The topological polar surface area (TPSA) is 39.2 Å². The molecule has 0 bridgehead atoms. The molecule has 1 aromatic heterocycles. The summed E-state index contributed by atoms with van der Waals surface area (Å²) in [6, 6.07) is 1.07. The maximum Gasteiger partial charge on any atom is 0.269 e.